The van der Waals surface area contributed by atoms with Crippen LogP contribution in [0, 0.1) is 0 Å². The van der Waals surface area contributed by atoms with Gasteiger partial charge >= 0.3 is 0 Å². The van der Waals surface area contributed by atoms with Gasteiger partial charge in [0.05, 0.1) is 11.9 Å². The Morgan fingerprint density at radius 3 is 2.48 bits per heavy atom. The monoisotopic (exact) mass is 361 g/mol. The quantitative estimate of drug-likeness (QED) is 0.498. The van der Waals surface area contributed by atoms with Crippen LogP contribution in [0.1, 0.15) is 29.9 Å². The fourth-order valence-electron chi connectivity index (χ4n) is 2.78. The third-order valence-corrected chi connectivity index (χ3v) is 4.29. The van der Waals surface area contributed by atoms with E-state index in [0.717, 1.165) is 29.9 Å². The zero-order chi connectivity index (χ0) is 19.1. The van der Waals surface area contributed by atoms with Gasteiger partial charge in [-0.05, 0) is 37.6 Å². The average Bonchev–Trinajstić information content (AvgIpc) is 3.21. The van der Waals surface area contributed by atoms with Gasteiger partial charge in [-0.1, -0.05) is 42.5 Å². The maximum absolute atomic E-state index is 12.2. The van der Waals surface area contributed by atoms with Gasteiger partial charge in [-0.15, -0.1) is 0 Å². The first-order valence-corrected chi connectivity index (χ1v) is 9.00. The molecule has 0 saturated heterocycles. The van der Waals surface area contributed by atoms with Gasteiger partial charge in [0.2, 0.25) is 0 Å². The molecule has 0 spiro atoms. The molecular formula is C21H23N5O. The maximum atomic E-state index is 12.2. The summed E-state index contributed by atoms with van der Waals surface area (Å²) >= 11 is 0. The molecule has 1 aromatic heterocycles. The number of nitrogens with zero attached hydrogens (tertiary/aromatic N) is 3. The van der Waals surface area contributed by atoms with Gasteiger partial charge in [-0.25, -0.2) is 5.43 Å². The molecule has 3 rings (SSSR count). The number of hydrogen-bond acceptors (Lipinski definition) is 4. The second kappa shape index (κ2) is 8.80. The van der Waals surface area contributed by atoms with Crippen LogP contribution in [0.5, 0.6) is 0 Å². The highest BCUT2D eigenvalue weighted by atomic mass is 16.2. The summed E-state index contributed by atoms with van der Waals surface area (Å²) in [7, 11) is 0. The molecule has 6 heteroatoms. The molecule has 0 atom stereocenters. The van der Waals surface area contributed by atoms with Crippen LogP contribution in [0.15, 0.2) is 65.8 Å². The van der Waals surface area contributed by atoms with Crippen LogP contribution in [0.2, 0.25) is 0 Å². The van der Waals surface area contributed by atoms with E-state index in [1.54, 1.807) is 12.3 Å². The summed E-state index contributed by atoms with van der Waals surface area (Å²) in [5.41, 5.74) is 6.64. The van der Waals surface area contributed by atoms with E-state index in [2.05, 4.69) is 51.6 Å². The van der Waals surface area contributed by atoms with Crippen molar-refractivity contribution in [3.05, 3.63) is 71.9 Å². The molecule has 0 unspecified atom stereocenters. The Bertz CT molecular complexity index is 896. The SMILES string of the molecule is CCN(CC)c1ccc(/C=N\NC(=O)c2cc(-c3ccccc3)n[nH]2)cc1. The molecule has 0 radical (unpaired) electrons. The normalized spacial score (nSPS) is 10.9. The highest BCUT2D eigenvalue weighted by Gasteiger charge is 2.10. The molecule has 138 valence electrons. The summed E-state index contributed by atoms with van der Waals surface area (Å²) in [6, 6.07) is 19.5. The number of carbonyl (C=O) groups is 1. The van der Waals surface area contributed by atoms with Crippen LogP contribution in [0.25, 0.3) is 11.3 Å². The van der Waals surface area contributed by atoms with E-state index < -0.39 is 0 Å². The average molecular weight is 361 g/mol. The standard InChI is InChI=1S/C21H23N5O/c1-3-26(4-2)18-12-10-16(11-13-18)15-22-25-21(27)20-14-19(23-24-20)17-8-6-5-7-9-17/h5-15H,3-4H2,1-2H3,(H,23,24)(H,25,27)/b22-15-. The summed E-state index contributed by atoms with van der Waals surface area (Å²) in [6.07, 6.45) is 1.62. The van der Waals surface area contributed by atoms with E-state index in [4.69, 9.17) is 0 Å². The summed E-state index contributed by atoms with van der Waals surface area (Å²) in [5, 5.41) is 10.9. The van der Waals surface area contributed by atoms with Crippen molar-refractivity contribution in [1.29, 1.82) is 0 Å². The number of hydrogen-bond donors (Lipinski definition) is 2. The molecule has 0 fully saturated rings. The van der Waals surface area contributed by atoms with Crippen LogP contribution < -0.4 is 10.3 Å². The fraction of sp³-hybridized carbons (Fsp3) is 0.190. The molecule has 3 aromatic rings. The number of carbonyl (C=O) groups excluding carboxylic acids is 1. The number of aromatic nitrogens is 2. The molecule has 27 heavy (non-hydrogen) atoms. The van der Waals surface area contributed by atoms with E-state index in [-0.39, 0.29) is 5.91 Å². The van der Waals surface area contributed by atoms with Crippen LogP contribution in [-0.2, 0) is 0 Å². The van der Waals surface area contributed by atoms with Crippen LogP contribution in [0.4, 0.5) is 5.69 Å². The number of H-pyrrole nitrogens is 1. The Kier molecular flexibility index (Phi) is 5.99. The lowest BCUT2D eigenvalue weighted by molar-refractivity contribution is 0.0950. The topological polar surface area (TPSA) is 73.4 Å². The summed E-state index contributed by atoms with van der Waals surface area (Å²) < 4.78 is 0. The van der Waals surface area contributed by atoms with Crippen molar-refractivity contribution < 1.29 is 4.79 Å². The summed E-state index contributed by atoms with van der Waals surface area (Å²) in [5.74, 6) is -0.333. The van der Waals surface area contributed by atoms with E-state index in [1.165, 1.54) is 5.69 Å². The first-order chi connectivity index (χ1) is 13.2. The van der Waals surface area contributed by atoms with Crippen LogP contribution in [0.3, 0.4) is 0 Å². The fourth-order valence-corrected chi connectivity index (χ4v) is 2.78. The highest BCUT2D eigenvalue weighted by Crippen LogP contribution is 2.17. The Hall–Kier alpha value is -3.41. The van der Waals surface area contributed by atoms with Gasteiger partial charge in [0.1, 0.15) is 5.69 Å². The Morgan fingerprint density at radius 2 is 1.81 bits per heavy atom. The zero-order valence-electron chi connectivity index (χ0n) is 15.5. The smallest absolute Gasteiger partial charge is 0.289 e. The van der Waals surface area contributed by atoms with Crippen LogP contribution >= 0.6 is 0 Å². The number of rotatable bonds is 7. The molecule has 0 aliphatic rings. The number of anilines is 1. The first kappa shape index (κ1) is 18.4. The molecule has 0 aliphatic carbocycles. The summed E-state index contributed by atoms with van der Waals surface area (Å²) in [4.78, 5) is 14.5. The van der Waals surface area contributed by atoms with Gasteiger partial charge in [0.15, 0.2) is 0 Å². The van der Waals surface area contributed by atoms with Crippen molar-refractivity contribution in [3.63, 3.8) is 0 Å². The summed E-state index contributed by atoms with van der Waals surface area (Å²) in [6.45, 7) is 6.20. The molecule has 0 aliphatic heterocycles. The van der Waals surface area contributed by atoms with E-state index in [1.807, 2.05) is 42.5 Å². The van der Waals surface area contributed by atoms with E-state index in [9.17, 15) is 4.79 Å². The molecule has 2 N–H and O–H groups in total. The molecular weight excluding hydrogens is 338 g/mol. The van der Waals surface area contributed by atoms with Gasteiger partial charge in [0.25, 0.3) is 5.91 Å². The molecule has 1 amide bonds. The van der Waals surface area contributed by atoms with Crippen molar-refractivity contribution in [1.82, 2.24) is 15.6 Å². The lowest BCUT2D eigenvalue weighted by atomic mass is 10.1. The minimum Gasteiger partial charge on any atom is -0.372 e. The molecule has 6 nitrogen and oxygen atoms in total. The predicted octanol–water partition coefficient (Wildman–Crippen LogP) is 3.69. The lowest BCUT2D eigenvalue weighted by Gasteiger charge is -2.20. The first-order valence-electron chi connectivity index (χ1n) is 9.00. The van der Waals surface area contributed by atoms with Gasteiger partial charge < -0.3 is 4.90 Å². The Morgan fingerprint density at radius 1 is 1.11 bits per heavy atom. The van der Waals surface area contributed by atoms with Gasteiger partial charge in [-0.2, -0.15) is 10.2 Å². The second-order valence-electron chi connectivity index (χ2n) is 6.00. The largest absolute Gasteiger partial charge is 0.372 e. The number of benzene rings is 2. The van der Waals surface area contributed by atoms with Crippen molar-refractivity contribution in [2.75, 3.05) is 18.0 Å². The molecule has 0 saturated carbocycles. The number of amides is 1. The van der Waals surface area contributed by atoms with Gasteiger partial charge in [-0.3, -0.25) is 9.89 Å². The zero-order valence-corrected chi connectivity index (χ0v) is 15.5. The Balaban J connectivity index is 1.60. The maximum Gasteiger partial charge on any atom is 0.289 e. The predicted molar refractivity (Wildman–Crippen MR) is 109 cm³/mol. The molecule has 1 heterocycles. The Labute approximate surface area is 158 Å². The van der Waals surface area contributed by atoms with Crippen molar-refractivity contribution in [3.8, 4) is 11.3 Å². The van der Waals surface area contributed by atoms with Gasteiger partial charge in [0, 0.05) is 24.3 Å². The number of aromatic amines is 1. The lowest BCUT2D eigenvalue weighted by Crippen LogP contribution is -2.21. The third-order valence-electron chi connectivity index (χ3n) is 4.29. The molecule has 2 aromatic carbocycles. The minimum atomic E-state index is -0.333. The van der Waals surface area contributed by atoms with Crippen molar-refractivity contribution >= 4 is 17.8 Å². The minimum absolute atomic E-state index is 0.333. The van der Waals surface area contributed by atoms with E-state index in [0.29, 0.717) is 5.69 Å². The molecule has 0 bridgehead atoms. The second-order valence-corrected chi connectivity index (χ2v) is 6.00. The van der Waals surface area contributed by atoms with Crippen molar-refractivity contribution in [2.24, 2.45) is 5.10 Å². The highest BCUT2D eigenvalue weighted by molar-refractivity contribution is 5.94. The van der Waals surface area contributed by atoms with Crippen LogP contribution in [-0.4, -0.2) is 35.4 Å². The third kappa shape index (κ3) is 4.61. The van der Waals surface area contributed by atoms with E-state index >= 15 is 0 Å². The van der Waals surface area contributed by atoms with Crippen molar-refractivity contribution in [2.45, 2.75) is 13.8 Å². The number of hydrazone groups is 1. The number of nitrogens with one attached hydrogen (secondary N) is 2.